The van der Waals surface area contributed by atoms with E-state index >= 15 is 0 Å². The molecule has 6 nitrogen and oxygen atoms in total. The topological polar surface area (TPSA) is 76.1 Å². The van der Waals surface area contributed by atoms with Gasteiger partial charge >= 0.3 is 0 Å². The Kier molecular flexibility index (Phi) is 6.10. The summed E-state index contributed by atoms with van der Waals surface area (Å²) in [6.07, 6.45) is -0.521. The molecule has 1 N–H and O–H groups in total. The zero-order valence-electron chi connectivity index (χ0n) is 18.0. The van der Waals surface area contributed by atoms with Gasteiger partial charge in [0.2, 0.25) is 0 Å². The number of halogens is 2. The molecule has 0 aromatic heterocycles. The maximum absolute atomic E-state index is 14.4. The molecule has 33 heavy (non-hydrogen) atoms. The van der Waals surface area contributed by atoms with Crippen molar-refractivity contribution in [3.05, 3.63) is 88.2 Å². The number of ketones is 1. The number of hydrogen-bond acceptors (Lipinski definition) is 5. The van der Waals surface area contributed by atoms with Crippen molar-refractivity contribution in [1.82, 2.24) is 0 Å². The summed E-state index contributed by atoms with van der Waals surface area (Å²) in [7, 11) is 2.90. The van der Waals surface area contributed by atoms with E-state index in [1.165, 1.54) is 43.4 Å². The summed E-state index contributed by atoms with van der Waals surface area (Å²) < 4.78 is 24.9. The number of hydrogen-bond donors (Lipinski definition) is 1. The van der Waals surface area contributed by atoms with Crippen molar-refractivity contribution in [1.29, 1.82) is 0 Å². The third kappa shape index (κ3) is 3.94. The molecule has 1 amide bonds. The molecule has 3 aromatic carbocycles. The number of Topliss-reactive ketones (excluding diaryl/α,β-unsaturated/α-hetero) is 1. The van der Waals surface area contributed by atoms with Gasteiger partial charge in [-0.25, -0.2) is 4.39 Å². The molecule has 1 aliphatic rings. The Bertz CT molecular complexity index is 1230. The fraction of sp³-hybridized carbons (Fsp3) is 0.200. The number of rotatable bonds is 7. The molecule has 1 atom stereocenters. The second kappa shape index (κ2) is 8.84. The van der Waals surface area contributed by atoms with Gasteiger partial charge < -0.3 is 19.5 Å². The van der Waals surface area contributed by atoms with E-state index in [2.05, 4.69) is 0 Å². The lowest BCUT2D eigenvalue weighted by Gasteiger charge is -2.23. The summed E-state index contributed by atoms with van der Waals surface area (Å²) in [5, 5.41) is 11.7. The van der Waals surface area contributed by atoms with Crippen molar-refractivity contribution < 1.29 is 28.6 Å². The first-order valence-electron chi connectivity index (χ1n) is 10.1. The normalized spacial score (nSPS) is 17.1. The van der Waals surface area contributed by atoms with Gasteiger partial charge in [-0.15, -0.1) is 0 Å². The number of nitrogens with zero attached hydrogens (tertiary/aromatic N) is 1. The molecule has 0 radical (unpaired) electrons. The van der Waals surface area contributed by atoms with E-state index in [4.69, 9.17) is 21.1 Å². The van der Waals surface area contributed by atoms with Crippen LogP contribution in [0.15, 0.2) is 60.7 Å². The van der Waals surface area contributed by atoms with Crippen LogP contribution in [0.5, 0.6) is 11.5 Å². The molecule has 0 saturated heterocycles. The Balaban J connectivity index is 1.71. The van der Waals surface area contributed by atoms with Crippen LogP contribution in [0.2, 0.25) is 5.02 Å². The number of benzene rings is 3. The number of methoxy groups -OCH3 is 2. The summed E-state index contributed by atoms with van der Waals surface area (Å²) in [6.45, 7) is -0.191. The lowest BCUT2D eigenvalue weighted by molar-refractivity contribution is -0.136. The summed E-state index contributed by atoms with van der Waals surface area (Å²) in [4.78, 5) is 27.9. The van der Waals surface area contributed by atoms with Gasteiger partial charge in [-0.1, -0.05) is 35.9 Å². The number of carbonyl (C=O) groups excluding carboxylic acids is 2. The predicted octanol–water partition coefficient (Wildman–Crippen LogP) is 4.50. The molecular formula is C25H21ClFNO5. The fourth-order valence-corrected chi connectivity index (χ4v) is 4.26. The number of fused-ring (bicyclic) bond motifs is 1. The quantitative estimate of drug-likeness (QED) is 0.515. The van der Waals surface area contributed by atoms with E-state index in [1.807, 2.05) is 0 Å². The predicted molar refractivity (Wildman–Crippen MR) is 121 cm³/mol. The Morgan fingerprint density at radius 1 is 1.09 bits per heavy atom. The monoisotopic (exact) mass is 469 g/mol. The van der Waals surface area contributed by atoms with Gasteiger partial charge in [-0.2, -0.15) is 0 Å². The smallest absolute Gasteiger partial charge is 0.264 e. The average Bonchev–Trinajstić information content (AvgIpc) is 3.02. The van der Waals surface area contributed by atoms with Crippen LogP contribution >= 0.6 is 11.6 Å². The van der Waals surface area contributed by atoms with E-state index in [9.17, 15) is 19.1 Å². The molecule has 1 unspecified atom stereocenters. The zero-order valence-corrected chi connectivity index (χ0v) is 18.7. The van der Waals surface area contributed by atoms with Gasteiger partial charge in [0, 0.05) is 22.2 Å². The highest BCUT2D eigenvalue weighted by molar-refractivity contribution is 6.31. The molecule has 1 heterocycles. The van der Waals surface area contributed by atoms with Crippen LogP contribution in [0.3, 0.4) is 0 Å². The Morgan fingerprint density at radius 2 is 1.85 bits per heavy atom. The van der Waals surface area contributed by atoms with Gasteiger partial charge in [0.25, 0.3) is 5.91 Å². The summed E-state index contributed by atoms with van der Waals surface area (Å²) >= 11 is 6.16. The standard InChI is InChI=1S/C25H21ClFNO5/c1-32-15-10-11-16(23(12-15)33-2)22(29)13-25(31)18-6-3-4-9-21(18)28(24(25)30)14-17-19(26)7-5-8-20(17)27/h3-12,31H,13-14H2,1-2H3. The highest BCUT2D eigenvalue weighted by Gasteiger charge is 2.51. The number of anilines is 1. The molecular weight excluding hydrogens is 449 g/mol. The molecule has 4 rings (SSSR count). The van der Waals surface area contributed by atoms with Crippen LogP contribution in [0.25, 0.3) is 0 Å². The number of aliphatic hydroxyl groups is 1. The van der Waals surface area contributed by atoms with E-state index in [-0.39, 0.29) is 34.0 Å². The number of para-hydroxylation sites is 1. The summed E-state index contributed by atoms with van der Waals surface area (Å²) in [6, 6.07) is 15.5. The van der Waals surface area contributed by atoms with Crippen molar-refractivity contribution in [3.63, 3.8) is 0 Å². The second-order valence-electron chi connectivity index (χ2n) is 7.64. The lowest BCUT2D eigenvalue weighted by Crippen LogP contribution is -2.41. The van der Waals surface area contributed by atoms with Crippen molar-refractivity contribution in [2.45, 2.75) is 18.6 Å². The van der Waals surface area contributed by atoms with Crippen molar-refractivity contribution in [2.75, 3.05) is 19.1 Å². The van der Waals surface area contributed by atoms with E-state index in [0.717, 1.165) is 0 Å². The highest BCUT2D eigenvalue weighted by Crippen LogP contribution is 2.44. The number of amides is 1. The van der Waals surface area contributed by atoms with E-state index in [0.29, 0.717) is 11.4 Å². The Morgan fingerprint density at radius 3 is 2.55 bits per heavy atom. The minimum absolute atomic E-state index is 0.120. The molecule has 0 aliphatic carbocycles. The summed E-state index contributed by atoms with van der Waals surface area (Å²) in [5.41, 5.74) is -1.15. The molecule has 3 aromatic rings. The van der Waals surface area contributed by atoms with Gasteiger partial charge in [0.1, 0.15) is 17.3 Å². The van der Waals surface area contributed by atoms with Crippen LogP contribution in [-0.4, -0.2) is 31.0 Å². The van der Waals surface area contributed by atoms with E-state index in [1.54, 1.807) is 36.4 Å². The molecule has 1 aliphatic heterocycles. The van der Waals surface area contributed by atoms with Crippen LogP contribution in [0, 0.1) is 5.82 Å². The maximum Gasteiger partial charge on any atom is 0.264 e. The van der Waals surface area contributed by atoms with Crippen molar-refractivity contribution >= 4 is 29.0 Å². The van der Waals surface area contributed by atoms with Gasteiger partial charge in [0.15, 0.2) is 11.4 Å². The minimum Gasteiger partial charge on any atom is -0.497 e. The van der Waals surface area contributed by atoms with Crippen LogP contribution in [0.4, 0.5) is 10.1 Å². The third-order valence-electron chi connectivity index (χ3n) is 5.74. The van der Waals surface area contributed by atoms with Crippen LogP contribution in [-0.2, 0) is 16.9 Å². The molecule has 8 heteroatoms. The number of carbonyl (C=O) groups is 2. The lowest BCUT2D eigenvalue weighted by atomic mass is 9.88. The van der Waals surface area contributed by atoms with Crippen molar-refractivity contribution in [3.8, 4) is 11.5 Å². The molecule has 170 valence electrons. The SMILES string of the molecule is COc1ccc(C(=O)CC2(O)C(=O)N(Cc3c(F)cccc3Cl)c3ccccc32)c(OC)c1. The Labute approximate surface area is 195 Å². The first kappa shape index (κ1) is 22.8. The van der Waals surface area contributed by atoms with Crippen molar-refractivity contribution in [2.24, 2.45) is 0 Å². The molecule has 0 saturated carbocycles. The third-order valence-corrected chi connectivity index (χ3v) is 6.10. The first-order valence-corrected chi connectivity index (χ1v) is 10.5. The highest BCUT2D eigenvalue weighted by atomic mass is 35.5. The largest absolute Gasteiger partial charge is 0.497 e. The van der Waals surface area contributed by atoms with Gasteiger partial charge in [0.05, 0.1) is 38.4 Å². The maximum atomic E-state index is 14.4. The molecule has 0 spiro atoms. The minimum atomic E-state index is -2.13. The van der Waals surface area contributed by atoms with Crippen LogP contribution < -0.4 is 14.4 Å². The fourth-order valence-electron chi connectivity index (χ4n) is 4.03. The number of ether oxygens (including phenoxy) is 2. The summed E-state index contributed by atoms with van der Waals surface area (Å²) in [5.74, 6) is -1.04. The second-order valence-corrected chi connectivity index (χ2v) is 8.04. The molecule has 0 bridgehead atoms. The van der Waals surface area contributed by atoms with E-state index < -0.39 is 29.5 Å². The van der Waals surface area contributed by atoms with Gasteiger partial charge in [-0.3, -0.25) is 9.59 Å². The first-order chi connectivity index (χ1) is 15.8. The van der Waals surface area contributed by atoms with Gasteiger partial charge in [-0.05, 0) is 30.3 Å². The Hall–Kier alpha value is -3.42. The van der Waals surface area contributed by atoms with Crippen LogP contribution in [0.1, 0.15) is 27.9 Å². The average molecular weight is 470 g/mol. The zero-order chi connectivity index (χ0) is 23.8. The molecule has 0 fully saturated rings.